The summed E-state index contributed by atoms with van der Waals surface area (Å²) in [6, 6.07) is 9.84. The summed E-state index contributed by atoms with van der Waals surface area (Å²) in [5.74, 6) is -12.2. The van der Waals surface area contributed by atoms with E-state index in [1.807, 2.05) is 0 Å². The van der Waals surface area contributed by atoms with Crippen LogP contribution in [0.15, 0.2) is 118 Å². The highest BCUT2D eigenvalue weighted by Gasteiger charge is 2.45. The molecule has 0 radical (unpaired) electrons. The van der Waals surface area contributed by atoms with Gasteiger partial charge in [0.05, 0.1) is 69.4 Å². The van der Waals surface area contributed by atoms with E-state index in [0.29, 0.717) is 37.3 Å². The van der Waals surface area contributed by atoms with Gasteiger partial charge in [0, 0.05) is 85.6 Å². The maximum Gasteiger partial charge on any atom is 0.421 e. The highest BCUT2D eigenvalue weighted by atomic mass is 16.7. The number of carbonyl (C=O) groups is 11. The number of benzene rings is 2. The number of carboxylic acids is 3. The molecule has 3 atom stereocenters. The predicted molar refractivity (Wildman–Crippen MR) is 321 cm³/mol. The smallest absolute Gasteiger partial charge is 0.421 e. The molecule has 0 saturated heterocycles. The van der Waals surface area contributed by atoms with E-state index in [0.717, 1.165) is 22.6 Å². The van der Waals surface area contributed by atoms with Crippen molar-refractivity contribution in [3.63, 3.8) is 0 Å². The van der Waals surface area contributed by atoms with Crippen molar-refractivity contribution in [2.75, 3.05) is 60.8 Å². The molecule has 0 aromatic heterocycles. The number of nitro benzene ring substituents is 2. The van der Waals surface area contributed by atoms with E-state index in [1.165, 1.54) is 90.4 Å². The van der Waals surface area contributed by atoms with Crippen LogP contribution < -0.4 is 11.5 Å². The molecule has 7 N–H and O–H groups in total. The predicted octanol–water partition coefficient (Wildman–Crippen LogP) is 5.45. The molecule has 512 valence electrons. The second-order valence-electron chi connectivity index (χ2n) is 20.0. The monoisotopic (exact) mass is 1330 g/mol. The number of hydrogen-bond acceptors (Lipinski definition) is 27. The third-order valence-corrected chi connectivity index (χ3v) is 12.6. The van der Waals surface area contributed by atoms with Crippen LogP contribution in [0.1, 0.15) is 97.6 Å². The standard InChI is InChI=1S/2C27H30N2O13.C6H14N2O2/c2*1-15(2)42-26(34)23-17(4)28(27(35)41-14-40-21(32)10-9-20(30)31)16(3)22(25(33)39-12-11-38-5)24(23)18-7-6-8-19(13-18)29(36)37;7-4-2-1-3-5(8)6(9)10/h2*6-10,13,15,24H,11-12,14H2,1-5H3,(H,30,31);5H,1-4,7-8H2,(H,9,10)/b2*10-9+;. The Morgan fingerprint density at radius 1 is 0.532 bits per heavy atom. The second kappa shape index (κ2) is 39.5. The first-order chi connectivity index (χ1) is 44.3. The van der Waals surface area contributed by atoms with Crippen LogP contribution in [0.3, 0.4) is 0 Å². The van der Waals surface area contributed by atoms with Crippen LogP contribution in [0.2, 0.25) is 0 Å². The molecule has 0 fully saturated rings. The zero-order valence-electron chi connectivity index (χ0n) is 52.9. The lowest BCUT2D eigenvalue weighted by Crippen LogP contribution is -2.39. The number of non-ortho nitro benzene ring substituents is 2. The molecule has 34 nitrogen and oxygen atoms in total. The molecule has 0 spiro atoms. The molecule has 2 aromatic rings. The van der Waals surface area contributed by atoms with E-state index >= 15 is 0 Å². The first kappa shape index (κ1) is 79.4. The number of esters is 6. The van der Waals surface area contributed by atoms with Crippen molar-refractivity contribution >= 4 is 77.3 Å². The molecule has 4 rings (SSSR count). The molecule has 2 heterocycles. The molecule has 2 aromatic carbocycles. The van der Waals surface area contributed by atoms with E-state index in [-0.39, 0.29) is 94.0 Å². The van der Waals surface area contributed by atoms with E-state index < -0.39 is 119 Å². The summed E-state index contributed by atoms with van der Waals surface area (Å²) >= 11 is 0. The van der Waals surface area contributed by atoms with Gasteiger partial charge < -0.3 is 74.2 Å². The van der Waals surface area contributed by atoms with Crippen LogP contribution in [0.4, 0.5) is 21.0 Å². The number of nitro groups is 2. The molecule has 2 amide bonds. The van der Waals surface area contributed by atoms with Crippen molar-refractivity contribution in [1.82, 2.24) is 9.80 Å². The van der Waals surface area contributed by atoms with Gasteiger partial charge in [0.25, 0.3) is 11.4 Å². The van der Waals surface area contributed by atoms with Crippen molar-refractivity contribution in [2.24, 2.45) is 11.5 Å². The molecular weight excluding hydrogens is 1250 g/mol. The highest BCUT2D eigenvalue weighted by Crippen LogP contribution is 2.46. The Morgan fingerprint density at radius 3 is 1.18 bits per heavy atom. The van der Waals surface area contributed by atoms with E-state index in [9.17, 15) is 73.0 Å². The van der Waals surface area contributed by atoms with Crippen LogP contribution >= 0.6 is 0 Å². The first-order valence-corrected chi connectivity index (χ1v) is 28.1. The third kappa shape index (κ3) is 24.5. The topological polar surface area (TPSA) is 486 Å². The van der Waals surface area contributed by atoms with Gasteiger partial charge in [-0.3, -0.25) is 34.8 Å². The summed E-state index contributed by atoms with van der Waals surface area (Å²) in [7, 11) is 2.78. The molecule has 0 bridgehead atoms. The Balaban J connectivity index is 0.000000558. The van der Waals surface area contributed by atoms with Crippen LogP contribution in [0.25, 0.3) is 0 Å². The third-order valence-electron chi connectivity index (χ3n) is 12.6. The maximum absolute atomic E-state index is 13.4. The minimum atomic E-state index is -1.40. The number of allylic oxidation sites excluding steroid dienone is 4. The van der Waals surface area contributed by atoms with Gasteiger partial charge in [0.1, 0.15) is 19.3 Å². The average molecular weight is 1330 g/mol. The molecule has 0 aliphatic carbocycles. The lowest BCUT2D eigenvalue weighted by Gasteiger charge is -2.36. The molecule has 0 saturated carbocycles. The van der Waals surface area contributed by atoms with Crippen LogP contribution in [0, 0.1) is 20.2 Å². The lowest BCUT2D eigenvalue weighted by atomic mass is 9.79. The highest BCUT2D eigenvalue weighted by molar-refractivity contribution is 6.03. The average Bonchev–Trinajstić information content (AvgIpc) is 0.754. The zero-order valence-corrected chi connectivity index (χ0v) is 52.9. The van der Waals surface area contributed by atoms with Crippen molar-refractivity contribution < 1.29 is 125 Å². The number of nitrogens with zero attached hydrogens (tertiary/aromatic N) is 4. The number of methoxy groups -OCH3 is 2. The van der Waals surface area contributed by atoms with E-state index in [4.69, 9.17) is 64.7 Å². The summed E-state index contributed by atoms with van der Waals surface area (Å²) in [5, 5.41) is 48.6. The van der Waals surface area contributed by atoms with E-state index in [1.54, 1.807) is 27.7 Å². The fourth-order valence-corrected chi connectivity index (χ4v) is 8.58. The summed E-state index contributed by atoms with van der Waals surface area (Å²) < 4.78 is 50.6. The molecule has 2 aliphatic heterocycles. The number of amides is 2. The molecule has 3 unspecified atom stereocenters. The van der Waals surface area contributed by atoms with Crippen LogP contribution in [0.5, 0.6) is 0 Å². The second-order valence-corrected chi connectivity index (χ2v) is 20.0. The number of aliphatic carboxylic acids is 3. The zero-order chi connectivity index (χ0) is 71.1. The van der Waals surface area contributed by atoms with Crippen molar-refractivity contribution in [3.05, 3.63) is 149 Å². The SMILES string of the molecule is COCCOC(=O)C1=C(C)N(C(=O)OCOC(=O)/C=C/C(=O)O)C(C)=C(C(=O)OC(C)C)C1c1cccc([N+](=O)[O-])c1.COCCOC(=O)C1=C(C)N(C(=O)OCOC(=O)/C=C/C(=O)O)C(C)=C(C(=O)OC(C)C)C1c1cccc([N+](=O)[O-])c1.NCCCCC(N)C(=O)O. The number of hydrogen-bond donors (Lipinski definition) is 5. The summed E-state index contributed by atoms with van der Waals surface area (Å²) in [6.07, 6.45) is 0.836. The Kier molecular flexibility index (Phi) is 33.4. The Morgan fingerprint density at radius 2 is 0.883 bits per heavy atom. The van der Waals surface area contributed by atoms with Gasteiger partial charge in [-0.1, -0.05) is 30.7 Å². The Bertz CT molecular complexity index is 3140. The minimum absolute atomic E-state index is 0.0319. The molecule has 34 heteroatoms. The van der Waals surface area contributed by atoms with Gasteiger partial charge in [-0.25, -0.2) is 47.9 Å². The summed E-state index contributed by atoms with van der Waals surface area (Å²) in [5.41, 5.74) is 9.13. The summed E-state index contributed by atoms with van der Waals surface area (Å²) in [4.78, 5) is 158. The van der Waals surface area contributed by atoms with Crippen molar-refractivity contribution in [3.8, 4) is 0 Å². The lowest BCUT2D eigenvalue weighted by molar-refractivity contribution is -0.385. The number of nitrogens with two attached hydrogens (primary N) is 2. The number of carbonyl (C=O) groups excluding carboxylic acids is 8. The minimum Gasteiger partial charge on any atom is -0.480 e. The van der Waals surface area contributed by atoms with Gasteiger partial charge in [0.2, 0.25) is 13.6 Å². The van der Waals surface area contributed by atoms with E-state index in [2.05, 4.69) is 9.47 Å². The van der Waals surface area contributed by atoms with Gasteiger partial charge in [-0.2, -0.15) is 0 Å². The Hall–Kier alpha value is -10.7. The first-order valence-electron chi connectivity index (χ1n) is 28.1. The fourth-order valence-electron chi connectivity index (χ4n) is 8.58. The van der Waals surface area contributed by atoms with Crippen LogP contribution in [-0.4, -0.2) is 180 Å². The van der Waals surface area contributed by atoms with Gasteiger partial charge >= 0.3 is 65.9 Å². The number of unbranched alkanes of at least 4 members (excludes halogenated alkanes) is 1. The fraction of sp³-hybridized carbons (Fsp3) is 0.417. The summed E-state index contributed by atoms with van der Waals surface area (Å²) in [6.45, 7) is 10.2. The van der Waals surface area contributed by atoms with Gasteiger partial charge in [-0.15, -0.1) is 0 Å². The van der Waals surface area contributed by atoms with Crippen molar-refractivity contribution in [2.45, 2.75) is 105 Å². The number of carboxylic acid groups (broad SMARTS) is 3. The van der Waals surface area contributed by atoms with Crippen molar-refractivity contribution in [1.29, 1.82) is 0 Å². The van der Waals surface area contributed by atoms with Crippen LogP contribution in [-0.2, 0) is 90.5 Å². The van der Waals surface area contributed by atoms with Gasteiger partial charge in [0.15, 0.2) is 0 Å². The largest absolute Gasteiger partial charge is 0.480 e. The molecule has 94 heavy (non-hydrogen) atoms. The molecular formula is C60H74N6O28. The normalized spacial score (nSPS) is 14.9. The van der Waals surface area contributed by atoms with Gasteiger partial charge in [-0.05, 0) is 85.9 Å². The Labute approximate surface area is 537 Å². The number of ether oxygens (including phenoxy) is 10. The number of rotatable bonds is 29. The molecule has 2 aliphatic rings. The quantitative estimate of drug-likeness (QED) is 0.0128. The maximum atomic E-state index is 13.4.